The highest BCUT2D eigenvalue weighted by molar-refractivity contribution is 7.71. The predicted octanol–water partition coefficient (Wildman–Crippen LogP) is 2.44. The number of nitrogens with one attached hydrogen (secondary N) is 2. The number of carbonyl (C=O) groups excluding carboxylic acids is 1. The van der Waals surface area contributed by atoms with Crippen molar-refractivity contribution < 1.29 is 9.53 Å². The summed E-state index contributed by atoms with van der Waals surface area (Å²) in [5.74, 6) is 1.27. The Bertz CT molecular complexity index is 1000. The fourth-order valence-corrected chi connectivity index (χ4v) is 3.08. The number of nitrogens with zero attached hydrogens (tertiary/aromatic N) is 4. The lowest BCUT2D eigenvalue weighted by atomic mass is 10.2. The van der Waals surface area contributed by atoms with Crippen molar-refractivity contribution in [1.29, 1.82) is 0 Å². The molecule has 8 nitrogen and oxygen atoms in total. The minimum atomic E-state index is -0.238. The van der Waals surface area contributed by atoms with Crippen LogP contribution in [0.25, 0.3) is 5.69 Å². The van der Waals surface area contributed by atoms with Crippen LogP contribution in [-0.4, -0.2) is 44.1 Å². The minimum absolute atomic E-state index is 0.238. The van der Waals surface area contributed by atoms with Crippen LogP contribution in [0.2, 0.25) is 0 Å². The highest BCUT2D eigenvalue weighted by Gasteiger charge is 2.13. The molecule has 27 heavy (non-hydrogen) atoms. The molecule has 3 aromatic rings. The Morgan fingerprint density at radius 1 is 1.37 bits per heavy atom. The molecule has 0 fully saturated rings. The summed E-state index contributed by atoms with van der Waals surface area (Å²) in [5.41, 5.74) is 2.21. The van der Waals surface area contributed by atoms with E-state index in [1.54, 1.807) is 24.1 Å². The lowest BCUT2D eigenvalue weighted by Gasteiger charge is -2.09. The molecule has 0 atom stereocenters. The number of amides is 1. The first kappa shape index (κ1) is 18.8. The fourth-order valence-electron chi connectivity index (χ4n) is 2.80. The number of benzene rings is 1. The summed E-state index contributed by atoms with van der Waals surface area (Å²) in [6.07, 6.45) is 2.33. The SMILES string of the molecule is CCn1c(CCNC(=O)c2ccn(-c3cc(C)ccc3OC)n2)n[nH]c1=S. The van der Waals surface area contributed by atoms with Gasteiger partial charge in [0.25, 0.3) is 5.91 Å². The van der Waals surface area contributed by atoms with Crippen LogP contribution in [0.4, 0.5) is 0 Å². The van der Waals surface area contributed by atoms with Gasteiger partial charge in [0.1, 0.15) is 17.3 Å². The van der Waals surface area contributed by atoms with E-state index in [-0.39, 0.29) is 5.91 Å². The number of carbonyl (C=O) groups is 1. The van der Waals surface area contributed by atoms with Gasteiger partial charge in [-0.05, 0) is 49.8 Å². The van der Waals surface area contributed by atoms with Crippen LogP contribution >= 0.6 is 12.2 Å². The van der Waals surface area contributed by atoms with Crippen molar-refractivity contribution in [3.8, 4) is 11.4 Å². The quantitative estimate of drug-likeness (QED) is 0.609. The molecule has 0 aliphatic heterocycles. The van der Waals surface area contributed by atoms with E-state index in [0.717, 1.165) is 23.6 Å². The number of aryl methyl sites for hydroxylation is 1. The third-order valence-electron chi connectivity index (χ3n) is 4.19. The Hall–Kier alpha value is -2.94. The first-order chi connectivity index (χ1) is 13.0. The Kier molecular flexibility index (Phi) is 5.70. The highest BCUT2D eigenvalue weighted by Crippen LogP contribution is 2.23. The van der Waals surface area contributed by atoms with Crippen LogP contribution < -0.4 is 10.1 Å². The van der Waals surface area contributed by atoms with Crippen molar-refractivity contribution in [3.63, 3.8) is 0 Å². The topological polar surface area (TPSA) is 89.8 Å². The molecule has 1 amide bonds. The Morgan fingerprint density at radius 3 is 2.93 bits per heavy atom. The standard InChI is InChI=1S/C18H22N6O2S/c1-4-23-16(20-21-18(23)27)7-9-19-17(25)13-8-10-24(22-13)14-11-12(2)5-6-15(14)26-3/h5-6,8,10-11H,4,7,9H2,1-3H3,(H,19,25)(H,21,27). The molecule has 0 aliphatic carbocycles. The molecular formula is C18H22N6O2S. The van der Waals surface area contributed by atoms with Crippen LogP contribution in [0.1, 0.15) is 28.8 Å². The normalized spacial score (nSPS) is 10.8. The van der Waals surface area contributed by atoms with Crippen LogP contribution in [0.15, 0.2) is 30.5 Å². The van der Waals surface area contributed by atoms with E-state index >= 15 is 0 Å². The molecule has 0 radical (unpaired) electrons. The maximum Gasteiger partial charge on any atom is 0.271 e. The summed E-state index contributed by atoms with van der Waals surface area (Å²) in [6, 6.07) is 7.48. The highest BCUT2D eigenvalue weighted by atomic mass is 32.1. The fraction of sp³-hybridized carbons (Fsp3) is 0.333. The maximum absolute atomic E-state index is 12.4. The summed E-state index contributed by atoms with van der Waals surface area (Å²) < 4.78 is 9.51. The number of H-pyrrole nitrogens is 1. The van der Waals surface area contributed by atoms with Crippen molar-refractivity contribution in [1.82, 2.24) is 29.9 Å². The van der Waals surface area contributed by atoms with Gasteiger partial charge >= 0.3 is 0 Å². The molecule has 2 N–H and O–H groups in total. The van der Waals surface area contributed by atoms with E-state index in [9.17, 15) is 4.79 Å². The van der Waals surface area contributed by atoms with Gasteiger partial charge in [-0.1, -0.05) is 6.07 Å². The molecule has 2 heterocycles. The smallest absolute Gasteiger partial charge is 0.271 e. The first-order valence-electron chi connectivity index (χ1n) is 8.66. The van der Waals surface area contributed by atoms with Gasteiger partial charge < -0.3 is 14.6 Å². The number of ether oxygens (including phenoxy) is 1. The summed E-state index contributed by atoms with van der Waals surface area (Å²) in [7, 11) is 1.61. The molecule has 0 aliphatic rings. The molecule has 0 unspecified atom stereocenters. The van der Waals surface area contributed by atoms with Gasteiger partial charge in [-0.15, -0.1) is 0 Å². The Balaban J connectivity index is 1.67. The second kappa shape index (κ2) is 8.17. The monoisotopic (exact) mass is 386 g/mol. The number of aromatic amines is 1. The Labute approximate surface area is 162 Å². The molecule has 0 saturated heterocycles. The molecule has 0 bridgehead atoms. The third-order valence-corrected chi connectivity index (χ3v) is 4.50. The maximum atomic E-state index is 12.4. The van der Waals surface area contributed by atoms with E-state index < -0.39 is 0 Å². The number of methoxy groups -OCH3 is 1. The van der Waals surface area contributed by atoms with Crippen molar-refractivity contribution in [2.24, 2.45) is 0 Å². The Morgan fingerprint density at radius 2 is 2.19 bits per heavy atom. The number of hydrogen-bond donors (Lipinski definition) is 2. The van der Waals surface area contributed by atoms with Gasteiger partial charge in [0, 0.05) is 25.7 Å². The summed E-state index contributed by atoms with van der Waals surface area (Å²) in [6.45, 7) is 5.17. The lowest BCUT2D eigenvalue weighted by Crippen LogP contribution is -2.27. The summed E-state index contributed by atoms with van der Waals surface area (Å²) in [5, 5.41) is 14.2. The molecule has 0 saturated carbocycles. The predicted molar refractivity (Wildman–Crippen MR) is 104 cm³/mol. The number of aromatic nitrogens is 5. The number of rotatable bonds is 7. The van der Waals surface area contributed by atoms with Crippen molar-refractivity contribution in [2.45, 2.75) is 26.8 Å². The van der Waals surface area contributed by atoms with Crippen LogP contribution in [0.5, 0.6) is 5.75 Å². The van der Waals surface area contributed by atoms with Crippen molar-refractivity contribution in [3.05, 3.63) is 52.3 Å². The van der Waals surface area contributed by atoms with E-state index in [2.05, 4.69) is 20.6 Å². The van der Waals surface area contributed by atoms with Gasteiger partial charge in [-0.25, -0.2) is 4.68 Å². The average molecular weight is 386 g/mol. The van der Waals surface area contributed by atoms with E-state index in [0.29, 0.717) is 29.2 Å². The zero-order valence-corrected chi connectivity index (χ0v) is 16.3. The largest absolute Gasteiger partial charge is 0.494 e. The molecule has 0 spiro atoms. The van der Waals surface area contributed by atoms with E-state index in [1.165, 1.54) is 0 Å². The summed E-state index contributed by atoms with van der Waals surface area (Å²) >= 11 is 5.16. The van der Waals surface area contributed by atoms with Gasteiger partial charge in [-0.2, -0.15) is 10.2 Å². The average Bonchev–Trinajstić information content (AvgIpc) is 3.28. The van der Waals surface area contributed by atoms with Crippen molar-refractivity contribution >= 4 is 18.1 Å². The molecule has 2 aromatic heterocycles. The first-order valence-corrected chi connectivity index (χ1v) is 9.07. The minimum Gasteiger partial charge on any atom is -0.494 e. The second-order valence-electron chi connectivity index (χ2n) is 6.02. The van der Waals surface area contributed by atoms with Crippen molar-refractivity contribution in [2.75, 3.05) is 13.7 Å². The third kappa shape index (κ3) is 4.08. The molecule has 3 rings (SSSR count). The van der Waals surface area contributed by atoms with E-state index in [4.69, 9.17) is 17.0 Å². The van der Waals surface area contributed by atoms with E-state index in [1.807, 2.05) is 36.6 Å². The van der Waals surface area contributed by atoms with Gasteiger partial charge in [0.05, 0.1) is 7.11 Å². The van der Waals surface area contributed by atoms with Crippen LogP contribution in [-0.2, 0) is 13.0 Å². The van der Waals surface area contributed by atoms with Gasteiger partial charge in [-0.3, -0.25) is 9.89 Å². The zero-order valence-electron chi connectivity index (χ0n) is 15.5. The second-order valence-corrected chi connectivity index (χ2v) is 6.40. The van der Waals surface area contributed by atoms with Gasteiger partial charge in [0.15, 0.2) is 10.5 Å². The number of hydrogen-bond acceptors (Lipinski definition) is 5. The molecular weight excluding hydrogens is 364 g/mol. The molecule has 142 valence electrons. The zero-order chi connectivity index (χ0) is 19.4. The summed E-state index contributed by atoms with van der Waals surface area (Å²) in [4.78, 5) is 12.4. The molecule has 1 aromatic carbocycles. The van der Waals surface area contributed by atoms with Gasteiger partial charge in [0.2, 0.25) is 0 Å². The molecule has 9 heteroatoms. The van der Waals surface area contributed by atoms with Crippen LogP contribution in [0.3, 0.4) is 0 Å². The van der Waals surface area contributed by atoms with Crippen LogP contribution in [0, 0.1) is 11.7 Å². The lowest BCUT2D eigenvalue weighted by molar-refractivity contribution is 0.0948.